The molecule has 0 unspecified atom stereocenters. The van der Waals surface area contributed by atoms with E-state index in [0.29, 0.717) is 0 Å². The van der Waals surface area contributed by atoms with Gasteiger partial charge in [-0.25, -0.2) is 0 Å². The molecule has 0 radical (unpaired) electrons. The zero-order chi connectivity index (χ0) is 80.1. The largest absolute Gasteiger partial charge is 0.311 e. The Labute approximate surface area is 683 Å². The maximum atomic E-state index is 2.43. The Morgan fingerprint density at radius 3 is 0.574 bits per heavy atom. The zero-order valence-corrected chi connectivity index (χ0v) is 69.6. The average molecular weight is 1490 g/mol. The Bertz CT molecular complexity index is 5840. The summed E-state index contributed by atoms with van der Waals surface area (Å²) < 4.78 is 0. The Morgan fingerprint density at radius 1 is 0.157 bits per heavy atom. The van der Waals surface area contributed by atoms with Crippen LogP contribution in [0.25, 0.3) is 89.0 Å². The summed E-state index contributed by atoms with van der Waals surface area (Å²) in [5.74, 6) is 0. The Balaban J connectivity index is 0.824. The highest BCUT2D eigenvalue weighted by Crippen LogP contribution is 2.50. The van der Waals surface area contributed by atoms with E-state index in [1.807, 2.05) is 0 Å². The molecule has 2 heteroatoms. The number of aryl methyl sites for hydroxylation is 12. The maximum Gasteiger partial charge on any atom is 0.0701 e. The van der Waals surface area contributed by atoms with Crippen molar-refractivity contribution in [2.45, 2.75) is 116 Å². The molecule has 16 rings (SSSR count). The molecular weight excluding hydrogens is 1390 g/mol. The van der Waals surface area contributed by atoms with E-state index in [1.54, 1.807) is 0 Å². The lowest BCUT2D eigenvalue weighted by Crippen LogP contribution is -2.31. The van der Waals surface area contributed by atoms with Crippen LogP contribution >= 0.6 is 0 Å². The second-order valence-electron chi connectivity index (χ2n) is 32.6. The summed E-state index contributed by atoms with van der Waals surface area (Å²) >= 11 is 0. The molecule has 0 N–H and O–H groups in total. The Hall–Kier alpha value is -12.9. The molecule has 564 valence electrons. The van der Waals surface area contributed by atoms with Crippen LogP contribution in [-0.2, 0) is 5.41 Å². The maximum absolute atomic E-state index is 2.43. The molecule has 0 fully saturated rings. The smallest absolute Gasteiger partial charge is 0.0701 e. The fraction of sp³-hybridized carbons (Fsp3) is 0.150. The van der Waals surface area contributed by atoms with Crippen LogP contribution in [0.3, 0.4) is 0 Å². The van der Waals surface area contributed by atoms with E-state index in [4.69, 9.17) is 0 Å². The average Bonchev–Trinajstić information content (AvgIpc) is 0.729. The molecule has 2 nitrogen and oxygen atoms in total. The van der Waals surface area contributed by atoms with Crippen molar-refractivity contribution in [2.75, 3.05) is 9.80 Å². The van der Waals surface area contributed by atoms with E-state index < -0.39 is 5.41 Å². The predicted molar refractivity (Wildman–Crippen MR) is 493 cm³/mol. The molecule has 16 aromatic carbocycles. The lowest BCUT2D eigenvalue weighted by molar-refractivity contribution is 0.745. The lowest BCUT2D eigenvalue weighted by Gasteiger charge is -2.37. The Morgan fingerprint density at radius 2 is 0.339 bits per heavy atom. The van der Waals surface area contributed by atoms with Gasteiger partial charge in [-0.15, -0.1) is 0 Å². The van der Waals surface area contributed by atoms with Gasteiger partial charge in [0, 0.05) is 34.1 Å². The van der Waals surface area contributed by atoms with E-state index >= 15 is 0 Å². The van der Waals surface area contributed by atoms with E-state index in [0.717, 1.165) is 45.3 Å². The molecule has 0 aliphatic heterocycles. The van der Waals surface area contributed by atoms with Crippen LogP contribution in [0.5, 0.6) is 0 Å². The van der Waals surface area contributed by atoms with Crippen molar-refractivity contribution in [1.82, 2.24) is 0 Å². The third-order valence-electron chi connectivity index (χ3n) is 24.9. The molecule has 0 aliphatic rings. The van der Waals surface area contributed by atoms with Crippen LogP contribution in [0.4, 0.5) is 34.1 Å². The number of hydrogen-bond acceptors (Lipinski definition) is 2. The second kappa shape index (κ2) is 31.6. The molecule has 0 atom stereocenters. The van der Waals surface area contributed by atoms with Crippen molar-refractivity contribution in [3.8, 4) is 89.0 Å². The molecule has 115 heavy (non-hydrogen) atoms. The van der Waals surface area contributed by atoms with Gasteiger partial charge in [-0.3, -0.25) is 0 Å². The number of nitrogens with zero attached hydrogens (tertiary/aromatic N) is 2. The third kappa shape index (κ3) is 14.8. The first-order valence-corrected chi connectivity index (χ1v) is 40.7. The minimum atomic E-state index is -0.761. The van der Waals surface area contributed by atoms with Crippen LogP contribution < -0.4 is 9.80 Å². The van der Waals surface area contributed by atoms with Crippen LogP contribution in [-0.4, -0.2) is 0 Å². The number of rotatable bonds is 18. The standard InChI is InChI=1S/C113H102N2/c1-71-29-57-107(91-63-75(5)83(13)76(6)64-91)109(59-71)89-35-47-101(48-36-89)114(99-43-31-87(32-44-99)105-55-27-73(3)61-111(105)93-67-79(9)85(15)80(10)68-93)103-51-39-97(40-52-103)113(95-23-19-17-20-24-95,96-25-21-18-22-26-96)98-41-53-104(54-42-98)115(100-45-33-88(34-46-100)106-56-28-74(4)62-112(106)94-69-81(11)86(16)82(12)70-94)102-49-37-90(38-50-102)110-60-72(2)30-58-108(110)92-65-77(7)84(14)78(8)66-92/h17-70H,1-16H3. The van der Waals surface area contributed by atoms with E-state index in [1.165, 1.54) is 189 Å². The third-order valence-corrected chi connectivity index (χ3v) is 24.9. The molecule has 0 aromatic heterocycles. The summed E-state index contributed by atoms with van der Waals surface area (Å²) in [6.45, 7) is 35.5. The van der Waals surface area contributed by atoms with Gasteiger partial charge in [0.15, 0.2) is 0 Å². The fourth-order valence-electron chi connectivity index (χ4n) is 17.5. The molecule has 0 bridgehead atoms. The summed E-state index contributed by atoms with van der Waals surface area (Å²) in [5.41, 5.74) is 50.4. The molecule has 0 heterocycles. The molecule has 0 amide bonds. The predicted octanol–water partition coefficient (Wildman–Crippen LogP) is 31.3. The fourth-order valence-corrected chi connectivity index (χ4v) is 17.5. The van der Waals surface area contributed by atoms with Gasteiger partial charge < -0.3 is 9.80 Å². The Kier molecular flexibility index (Phi) is 20.9. The van der Waals surface area contributed by atoms with Crippen LogP contribution in [0, 0.1) is 111 Å². The van der Waals surface area contributed by atoms with Gasteiger partial charge in [0.1, 0.15) is 0 Å². The van der Waals surface area contributed by atoms with Gasteiger partial charge in [0.2, 0.25) is 0 Å². The van der Waals surface area contributed by atoms with Crippen molar-refractivity contribution in [2.24, 2.45) is 0 Å². The number of benzene rings is 16. The zero-order valence-electron chi connectivity index (χ0n) is 69.6. The van der Waals surface area contributed by atoms with Gasteiger partial charge in [-0.05, 0) is 362 Å². The molecular formula is C113H102N2. The van der Waals surface area contributed by atoms with E-state index in [-0.39, 0.29) is 0 Å². The minimum absolute atomic E-state index is 0.761. The number of hydrogen-bond donors (Lipinski definition) is 0. The molecule has 0 spiro atoms. The van der Waals surface area contributed by atoms with Crippen LogP contribution in [0.2, 0.25) is 0 Å². The normalized spacial score (nSPS) is 11.5. The SMILES string of the molecule is Cc1ccc(-c2cc(C)c(C)c(C)c2)c(-c2ccc(N(c3ccc(-c4ccc(C)cc4-c4cc(C)c(C)c(C)c4)cc3)c3ccc(C(c4ccccc4)(c4ccccc4)c4ccc(N(c5ccc(-c6ccc(C)cc6-c6cc(C)c(C)c(C)c6)cc5)c5ccc(-c6cc(C)ccc6-c6cc(C)c(C)c(C)c6)cc5)cc4)cc3)cc2)c1. The topological polar surface area (TPSA) is 6.48 Å². The quantitative estimate of drug-likeness (QED) is 0.0790. The first-order valence-electron chi connectivity index (χ1n) is 40.7. The highest BCUT2D eigenvalue weighted by Gasteiger charge is 2.39. The van der Waals surface area contributed by atoms with Crippen molar-refractivity contribution < 1.29 is 0 Å². The highest BCUT2D eigenvalue weighted by atomic mass is 15.1. The summed E-state index contributed by atoms with van der Waals surface area (Å²) in [7, 11) is 0. The van der Waals surface area contributed by atoms with Gasteiger partial charge in [-0.1, -0.05) is 277 Å². The van der Waals surface area contributed by atoms with E-state index in [2.05, 4.69) is 448 Å². The van der Waals surface area contributed by atoms with Crippen molar-refractivity contribution in [3.63, 3.8) is 0 Å². The second-order valence-corrected chi connectivity index (χ2v) is 32.6. The van der Waals surface area contributed by atoms with Crippen LogP contribution in [0.1, 0.15) is 111 Å². The monoisotopic (exact) mass is 1490 g/mol. The van der Waals surface area contributed by atoms with Gasteiger partial charge in [-0.2, -0.15) is 0 Å². The minimum Gasteiger partial charge on any atom is -0.311 e. The molecule has 0 aliphatic carbocycles. The van der Waals surface area contributed by atoms with Gasteiger partial charge in [0.25, 0.3) is 0 Å². The molecule has 0 saturated carbocycles. The highest BCUT2D eigenvalue weighted by molar-refractivity contribution is 5.92. The molecule has 0 saturated heterocycles. The van der Waals surface area contributed by atoms with Crippen molar-refractivity contribution in [3.05, 3.63) is 439 Å². The summed E-state index contributed by atoms with van der Waals surface area (Å²) in [5, 5.41) is 0. The first kappa shape index (κ1) is 76.1. The van der Waals surface area contributed by atoms with Crippen LogP contribution in [0.15, 0.2) is 328 Å². The van der Waals surface area contributed by atoms with E-state index in [9.17, 15) is 0 Å². The molecule has 16 aromatic rings. The summed E-state index contributed by atoms with van der Waals surface area (Å²) in [6.07, 6.45) is 0. The lowest BCUT2D eigenvalue weighted by atomic mass is 9.65. The first-order chi connectivity index (χ1) is 55.6. The van der Waals surface area contributed by atoms with Gasteiger partial charge >= 0.3 is 0 Å². The summed E-state index contributed by atoms with van der Waals surface area (Å²) in [6, 6.07) is 124. The van der Waals surface area contributed by atoms with Crippen molar-refractivity contribution >= 4 is 34.1 Å². The van der Waals surface area contributed by atoms with Crippen molar-refractivity contribution in [1.29, 1.82) is 0 Å². The van der Waals surface area contributed by atoms with Gasteiger partial charge in [0.05, 0.1) is 5.41 Å². The summed E-state index contributed by atoms with van der Waals surface area (Å²) in [4.78, 5) is 4.85. The number of anilines is 6.